The molecule has 0 radical (unpaired) electrons. The highest BCUT2D eigenvalue weighted by Gasteiger charge is 2.01. The molecular weight excluding hydrogens is 169 g/mol. The van der Waals surface area contributed by atoms with Crippen LogP contribution in [0.1, 0.15) is 0 Å². The zero-order chi connectivity index (χ0) is 9.26. The molecular formula is C10H8FNO. The third-order valence-electron chi connectivity index (χ3n) is 1.91. The Morgan fingerprint density at radius 2 is 2.15 bits per heavy atom. The van der Waals surface area contributed by atoms with E-state index in [0.29, 0.717) is 5.75 Å². The quantitative estimate of drug-likeness (QED) is 0.667. The number of fused-ring (bicyclic) bond motifs is 1. The van der Waals surface area contributed by atoms with Gasteiger partial charge in [0, 0.05) is 17.0 Å². The Labute approximate surface area is 75.0 Å². The van der Waals surface area contributed by atoms with Crippen LogP contribution in [0.4, 0.5) is 4.39 Å². The van der Waals surface area contributed by atoms with Crippen LogP contribution in [0.25, 0.3) is 10.8 Å². The number of halogens is 1. The fraction of sp³-hybridized carbons (Fsp3) is 0.100. The van der Waals surface area contributed by atoms with E-state index in [9.17, 15) is 4.39 Å². The van der Waals surface area contributed by atoms with Gasteiger partial charge in [-0.05, 0) is 18.2 Å². The van der Waals surface area contributed by atoms with E-state index in [-0.39, 0.29) is 5.82 Å². The van der Waals surface area contributed by atoms with Crippen molar-refractivity contribution in [2.45, 2.75) is 0 Å². The summed E-state index contributed by atoms with van der Waals surface area (Å²) in [4.78, 5) is 3.97. The monoisotopic (exact) mass is 177 g/mol. The second kappa shape index (κ2) is 3.01. The molecule has 0 aliphatic rings. The molecule has 3 heteroatoms. The number of pyridine rings is 1. The van der Waals surface area contributed by atoms with Gasteiger partial charge in [-0.2, -0.15) is 0 Å². The average molecular weight is 177 g/mol. The largest absolute Gasteiger partial charge is 0.494 e. The van der Waals surface area contributed by atoms with E-state index < -0.39 is 0 Å². The van der Waals surface area contributed by atoms with Crippen molar-refractivity contribution in [3.8, 4) is 5.75 Å². The first-order valence-corrected chi connectivity index (χ1v) is 3.88. The van der Waals surface area contributed by atoms with Crippen LogP contribution < -0.4 is 4.74 Å². The van der Waals surface area contributed by atoms with Gasteiger partial charge in [0.2, 0.25) is 0 Å². The number of methoxy groups -OCH3 is 1. The van der Waals surface area contributed by atoms with Crippen LogP contribution in [-0.4, -0.2) is 12.1 Å². The number of hydrogen-bond acceptors (Lipinski definition) is 2. The van der Waals surface area contributed by atoms with Gasteiger partial charge >= 0.3 is 0 Å². The predicted molar refractivity (Wildman–Crippen MR) is 48.3 cm³/mol. The zero-order valence-electron chi connectivity index (χ0n) is 7.12. The van der Waals surface area contributed by atoms with E-state index >= 15 is 0 Å². The standard InChI is InChI=1S/C10H8FNO/c1-13-10-6-12-5-7-2-3-8(11)4-9(7)10/h2-6H,1H3. The summed E-state index contributed by atoms with van der Waals surface area (Å²) in [5.74, 6) is 0.328. The van der Waals surface area contributed by atoms with Gasteiger partial charge in [0.15, 0.2) is 0 Å². The summed E-state index contributed by atoms with van der Waals surface area (Å²) in [6.07, 6.45) is 3.25. The number of benzene rings is 1. The van der Waals surface area contributed by atoms with Gasteiger partial charge in [-0.1, -0.05) is 0 Å². The highest BCUT2D eigenvalue weighted by atomic mass is 19.1. The lowest BCUT2D eigenvalue weighted by molar-refractivity contribution is 0.418. The number of rotatable bonds is 1. The number of nitrogens with zero attached hydrogens (tertiary/aromatic N) is 1. The Bertz CT molecular complexity index is 442. The van der Waals surface area contributed by atoms with Crippen molar-refractivity contribution in [3.05, 3.63) is 36.4 Å². The SMILES string of the molecule is COc1cncc2ccc(F)cc12. The summed E-state index contributed by atoms with van der Waals surface area (Å²) in [5.41, 5.74) is 0. The Kier molecular flexibility index (Phi) is 1.85. The molecule has 66 valence electrons. The predicted octanol–water partition coefficient (Wildman–Crippen LogP) is 2.38. The van der Waals surface area contributed by atoms with Crippen LogP contribution in [0.15, 0.2) is 30.6 Å². The van der Waals surface area contributed by atoms with Gasteiger partial charge in [-0.3, -0.25) is 4.98 Å². The van der Waals surface area contributed by atoms with Crippen molar-refractivity contribution >= 4 is 10.8 Å². The minimum atomic E-state index is -0.267. The molecule has 0 saturated carbocycles. The molecule has 0 saturated heterocycles. The smallest absolute Gasteiger partial charge is 0.145 e. The number of ether oxygens (including phenoxy) is 1. The van der Waals surface area contributed by atoms with Crippen molar-refractivity contribution in [2.75, 3.05) is 7.11 Å². The zero-order valence-corrected chi connectivity index (χ0v) is 7.12. The summed E-state index contributed by atoms with van der Waals surface area (Å²) in [5, 5.41) is 1.62. The fourth-order valence-electron chi connectivity index (χ4n) is 1.27. The molecule has 0 N–H and O–H groups in total. The van der Waals surface area contributed by atoms with Crippen LogP contribution >= 0.6 is 0 Å². The van der Waals surface area contributed by atoms with Crippen molar-refractivity contribution in [1.29, 1.82) is 0 Å². The van der Waals surface area contributed by atoms with Gasteiger partial charge in [0.05, 0.1) is 13.3 Å². The van der Waals surface area contributed by atoms with Gasteiger partial charge < -0.3 is 4.74 Å². The molecule has 2 nitrogen and oxygen atoms in total. The minimum Gasteiger partial charge on any atom is -0.494 e. The third-order valence-corrected chi connectivity index (χ3v) is 1.91. The van der Waals surface area contributed by atoms with E-state index in [4.69, 9.17) is 4.74 Å². The van der Waals surface area contributed by atoms with Crippen molar-refractivity contribution < 1.29 is 9.13 Å². The molecule has 0 bridgehead atoms. The Hall–Kier alpha value is -1.64. The molecule has 2 aromatic rings. The molecule has 0 aliphatic carbocycles. The van der Waals surface area contributed by atoms with E-state index in [0.717, 1.165) is 10.8 Å². The highest BCUT2D eigenvalue weighted by Crippen LogP contribution is 2.24. The molecule has 1 aromatic heterocycles. The average Bonchev–Trinajstić information content (AvgIpc) is 2.17. The molecule has 1 aromatic carbocycles. The second-order valence-electron chi connectivity index (χ2n) is 2.71. The second-order valence-corrected chi connectivity index (χ2v) is 2.71. The van der Waals surface area contributed by atoms with Crippen LogP contribution in [0.5, 0.6) is 5.75 Å². The maximum Gasteiger partial charge on any atom is 0.145 e. The molecule has 0 atom stereocenters. The van der Waals surface area contributed by atoms with Crippen LogP contribution in [-0.2, 0) is 0 Å². The van der Waals surface area contributed by atoms with Gasteiger partial charge in [0.25, 0.3) is 0 Å². The minimum absolute atomic E-state index is 0.267. The fourth-order valence-corrected chi connectivity index (χ4v) is 1.27. The Balaban J connectivity index is 2.79. The molecule has 2 rings (SSSR count). The van der Waals surface area contributed by atoms with Gasteiger partial charge in [-0.15, -0.1) is 0 Å². The van der Waals surface area contributed by atoms with E-state index in [1.54, 1.807) is 25.6 Å². The van der Waals surface area contributed by atoms with Gasteiger partial charge in [0.1, 0.15) is 11.6 Å². The summed E-state index contributed by atoms with van der Waals surface area (Å²) in [6.45, 7) is 0. The van der Waals surface area contributed by atoms with Crippen LogP contribution in [0.3, 0.4) is 0 Å². The topological polar surface area (TPSA) is 22.1 Å². The summed E-state index contributed by atoms with van der Waals surface area (Å²) in [6, 6.07) is 4.53. The molecule has 13 heavy (non-hydrogen) atoms. The summed E-state index contributed by atoms with van der Waals surface area (Å²) < 4.78 is 17.9. The Morgan fingerprint density at radius 3 is 2.92 bits per heavy atom. The molecule has 0 spiro atoms. The summed E-state index contributed by atoms with van der Waals surface area (Å²) in [7, 11) is 1.54. The molecule has 0 aliphatic heterocycles. The Morgan fingerprint density at radius 1 is 1.31 bits per heavy atom. The van der Waals surface area contributed by atoms with Crippen molar-refractivity contribution in [1.82, 2.24) is 4.98 Å². The lowest BCUT2D eigenvalue weighted by atomic mass is 10.1. The third kappa shape index (κ3) is 1.33. The van der Waals surface area contributed by atoms with Gasteiger partial charge in [-0.25, -0.2) is 4.39 Å². The maximum atomic E-state index is 12.9. The molecule has 0 fully saturated rings. The van der Waals surface area contributed by atoms with Crippen molar-refractivity contribution in [2.24, 2.45) is 0 Å². The van der Waals surface area contributed by atoms with E-state index in [1.807, 2.05) is 0 Å². The normalized spacial score (nSPS) is 10.3. The first-order valence-electron chi connectivity index (χ1n) is 3.88. The van der Waals surface area contributed by atoms with Crippen LogP contribution in [0, 0.1) is 5.82 Å². The maximum absolute atomic E-state index is 12.9. The lowest BCUT2D eigenvalue weighted by Crippen LogP contribution is -1.87. The van der Waals surface area contributed by atoms with Crippen LogP contribution in [0.2, 0.25) is 0 Å². The van der Waals surface area contributed by atoms with Crippen molar-refractivity contribution in [3.63, 3.8) is 0 Å². The number of hydrogen-bond donors (Lipinski definition) is 0. The molecule has 1 heterocycles. The molecule has 0 unspecified atom stereocenters. The van der Waals surface area contributed by atoms with E-state index in [1.165, 1.54) is 12.1 Å². The first kappa shape index (κ1) is 7.98. The molecule has 0 amide bonds. The number of aromatic nitrogens is 1. The van der Waals surface area contributed by atoms with E-state index in [2.05, 4.69) is 4.98 Å². The highest BCUT2D eigenvalue weighted by molar-refractivity contribution is 5.87. The summed E-state index contributed by atoms with van der Waals surface area (Å²) >= 11 is 0. The lowest BCUT2D eigenvalue weighted by Gasteiger charge is -2.03. The first-order chi connectivity index (χ1) is 6.31.